The number of fused-ring (bicyclic) bond motifs is 1. The Labute approximate surface area is 208 Å². The molecular weight excluding hydrogens is 489 g/mol. The summed E-state index contributed by atoms with van der Waals surface area (Å²) in [6, 6.07) is 7.70. The van der Waals surface area contributed by atoms with E-state index in [1.807, 2.05) is 23.9 Å². The number of aromatic nitrogens is 5. The summed E-state index contributed by atoms with van der Waals surface area (Å²) >= 11 is 6.49. The van der Waals surface area contributed by atoms with Gasteiger partial charge < -0.3 is 19.6 Å². The van der Waals surface area contributed by atoms with Gasteiger partial charge in [-0.1, -0.05) is 0 Å². The molecule has 5 rings (SSSR count). The molecule has 4 aromatic heterocycles. The van der Waals surface area contributed by atoms with Gasteiger partial charge in [0.15, 0.2) is 16.7 Å². The number of ether oxygens (including phenoxy) is 1. The van der Waals surface area contributed by atoms with Crippen LogP contribution in [0.4, 0.5) is 10.1 Å². The molecule has 0 saturated carbocycles. The first kappa shape index (κ1) is 22.6. The summed E-state index contributed by atoms with van der Waals surface area (Å²) in [5, 5.41) is -0.195. The van der Waals surface area contributed by atoms with E-state index in [1.54, 1.807) is 35.4 Å². The third kappa shape index (κ3) is 4.48. The van der Waals surface area contributed by atoms with Gasteiger partial charge in [-0.3, -0.25) is 14.7 Å². The number of anilines is 1. The van der Waals surface area contributed by atoms with Gasteiger partial charge in [0.05, 0.1) is 27.1 Å². The van der Waals surface area contributed by atoms with E-state index in [4.69, 9.17) is 22.7 Å². The number of rotatable bonds is 6. The van der Waals surface area contributed by atoms with E-state index in [1.165, 1.54) is 29.8 Å². The summed E-state index contributed by atoms with van der Waals surface area (Å²) in [4.78, 5) is 27.4. The van der Waals surface area contributed by atoms with Gasteiger partial charge in [0.2, 0.25) is 0 Å². The summed E-state index contributed by atoms with van der Waals surface area (Å²) in [6.45, 7) is -0.0527. The van der Waals surface area contributed by atoms with Crippen LogP contribution in [0.5, 0.6) is 11.5 Å². The minimum Gasteiger partial charge on any atom is -0.453 e. The molecule has 35 heavy (non-hydrogen) atoms. The van der Waals surface area contributed by atoms with Crippen LogP contribution in [0.25, 0.3) is 20.9 Å². The van der Waals surface area contributed by atoms with Crippen molar-refractivity contribution >= 4 is 50.5 Å². The molecule has 0 saturated heterocycles. The lowest BCUT2D eigenvalue weighted by Gasteiger charge is -2.21. The predicted molar refractivity (Wildman–Crippen MR) is 135 cm³/mol. The molecule has 4 heterocycles. The molecule has 5 aromatic rings. The number of hydrogen-bond donors (Lipinski definition) is 1. The summed E-state index contributed by atoms with van der Waals surface area (Å²) < 4.78 is 25.2. The van der Waals surface area contributed by atoms with Crippen molar-refractivity contribution < 1.29 is 13.9 Å². The number of halogens is 1. The van der Waals surface area contributed by atoms with Crippen LogP contribution >= 0.6 is 23.6 Å². The number of nitrogens with zero attached hydrogens (tertiary/aromatic N) is 6. The molecule has 2 N–H and O–H groups in total. The molecule has 176 valence electrons. The maximum absolute atomic E-state index is 15.1. The number of carbonyl (C=O) groups is 1. The van der Waals surface area contributed by atoms with Gasteiger partial charge >= 0.3 is 0 Å². The average Bonchev–Trinajstić information content (AvgIpc) is 3.56. The first-order valence-corrected chi connectivity index (χ1v) is 11.5. The second-order valence-electron chi connectivity index (χ2n) is 7.52. The van der Waals surface area contributed by atoms with Gasteiger partial charge in [-0.2, -0.15) is 0 Å². The smallest absolute Gasteiger partial charge is 0.253 e. The van der Waals surface area contributed by atoms with Crippen molar-refractivity contribution in [2.75, 3.05) is 4.90 Å². The van der Waals surface area contributed by atoms with Crippen molar-refractivity contribution in [1.82, 2.24) is 24.1 Å². The second kappa shape index (κ2) is 9.24. The molecule has 0 radical (unpaired) electrons. The van der Waals surface area contributed by atoms with Crippen LogP contribution in [-0.2, 0) is 18.4 Å². The zero-order valence-corrected chi connectivity index (χ0v) is 20.0. The molecule has 1 amide bonds. The Balaban J connectivity index is 1.43. The molecule has 0 atom stereocenters. The largest absolute Gasteiger partial charge is 0.453 e. The topological polar surface area (TPSA) is 104 Å². The molecular formula is C23H18FN7O2S2. The minimum atomic E-state index is -0.676. The number of aryl methyl sites for hydroxylation is 1. The molecule has 0 bridgehead atoms. The summed E-state index contributed by atoms with van der Waals surface area (Å²) in [6.07, 6.45) is 9.85. The molecule has 0 spiro atoms. The van der Waals surface area contributed by atoms with Gasteiger partial charge in [0.1, 0.15) is 18.1 Å². The lowest BCUT2D eigenvalue weighted by atomic mass is 10.2. The number of pyridine rings is 1. The van der Waals surface area contributed by atoms with Crippen molar-refractivity contribution in [1.29, 1.82) is 0 Å². The molecule has 0 aliphatic heterocycles. The highest BCUT2D eigenvalue weighted by Crippen LogP contribution is 2.39. The number of imidazole rings is 2. The van der Waals surface area contributed by atoms with Gasteiger partial charge in [-0.15, -0.1) is 11.3 Å². The van der Waals surface area contributed by atoms with Crippen LogP contribution in [0.15, 0.2) is 67.6 Å². The number of amides is 1. The van der Waals surface area contributed by atoms with Crippen LogP contribution in [-0.4, -0.2) is 35.1 Å². The van der Waals surface area contributed by atoms with E-state index in [0.717, 1.165) is 26.4 Å². The number of carbonyl (C=O) groups excluding carboxylic acids is 1. The van der Waals surface area contributed by atoms with E-state index in [9.17, 15) is 4.79 Å². The summed E-state index contributed by atoms with van der Waals surface area (Å²) in [5.74, 6) is 0.130. The van der Waals surface area contributed by atoms with Gasteiger partial charge in [0.25, 0.3) is 5.91 Å². The van der Waals surface area contributed by atoms with Crippen LogP contribution in [0.1, 0.15) is 0 Å². The fraction of sp³-hybridized carbons (Fsp3) is 0.0870. The lowest BCUT2D eigenvalue weighted by molar-refractivity contribution is -0.118. The molecule has 1 aromatic carbocycles. The highest BCUT2D eigenvalue weighted by molar-refractivity contribution is 7.80. The lowest BCUT2D eigenvalue weighted by Crippen LogP contribution is -2.42. The SMILES string of the molecule is Cn1ccnc1-c1cc2nccc(Oc3ccc(N(C(=O)Cn4ccnc4)C(N)=S)cc3F)c2s1. The summed E-state index contributed by atoms with van der Waals surface area (Å²) in [5.41, 5.74) is 6.68. The highest BCUT2D eigenvalue weighted by atomic mass is 32.1. The maximum Gasteiger partial charge on any atom is 0.253 e. The predicted octanol–water partition coefficient (Wildman–Crippen LogP) is 4.10. The Morgan fingerprint density at radius 2 is 2.03 bits per heavy atom. The Kier molecular flexibility index (Phi) is 5.97. The van der Waals surface area contributed by atoms with E-state index >= 15 is 4.39 Å². The molecule has 0 aliphatic rings. The number of thiophene rings is 1. The first-order valence-electron chi connectivity index (χ1n) is 10.3. The maximum atomic E-state index is 15.1. The Morgan fingerprint density at radius 3 is 2.71 bits per heavy atom. The third-order valence-corrected chi connectivity index (χ3v) is 6.48. The highest BCUT2D eigenvalue weighted by Gasteiger charge is 2.21. The normalized spacial score (nSPS) is 11.0. The quantitative estimate of drug-likeness (QED) is 0.345. The van der Waals surface area contributed by atoms with E-state index in [-0.39, 0.29) is 23.1 Å². The minimum absolute atomic E-state index is 0.0156. The Morgan fingerprint density at radius 1 is 1.17 bits per heavy atom. The Bertz CT molecular complexity index is 1540. The van der Waals surface area contributed by atoms with Crippen LogP contribution in [0.3, 0.4) is 0 Å². The van der Waals surface area contributed by atoms with Crippen molar-refractivity contribution in [3.8, 4) is 22.2 Å². The van der Waals surface area contributed by atoms with Crippen molar-refractivity contribution in [3.05, 3.63) is 73.5 Å². The third-order valence-electron chi connectivity index (χ3n) is 5.16. The average molecular weight is 508 g/mol. The molecule has 0 fully saturated rings. The molecule has 12 heteroatoms. The van der Waals surface area contributed by atoms with Gasteiger partial charge in [0, 0.05) is 50.2 Å². The van der Waals surface area contributed by atoms with Crippen molar-refractivity contribution in [2.45, 2.75) is 6.54 Å². The second-order valence-corrected chi connectivity index (χ2v) is 8.99. The van der Waals surface area contributed by atoms with Crippen LogP contribution < -0.4 is 15.4 Å². The van der Waals surface area contributed by atoms with E-state index in [2.05, 4.69) is 15.0 Å². The first-order chi connectivity index (χ1) is 16.9. The van der Waals surface area contributed by atoms with Crippen molar-refractivity contribution in [2.24, 2.45) is 12.8 Å². The number of benzene rings is 1. The Hall–Kier alpha value is -4.16. The number of hydrogen-bond acceptors (Lipinski definition) is 7. The van der Waals surface area contributed by atoms with Gasteiger partial charge in [-0.05, 0) is 30.4 Å². The number of nitrogens with two attached hydrogens (primary N) is 1. The zero-order chi connectivity index (χ0) is 24.5. The van der Waals surface area contributed by atoms with Crippen LogP contribution in [0.2, 0.25) is 0 Å². The van der Waals surface area contributed by atoms with Crippen LogP contribution in [0, 0.1) is 5.82 Å². The molecule has 9 nitrogen and oxygen atoms in total. The number of thiocarbonyl (C=S) groups is 1. The standard InChI is InChI=1S/C23H18FN7O2S2/c1-29-8-7-28-22(29)19-11-16-21(35-19)18(4-5-27-16)33-17-3-2-14(10-15(17)24)31(23(25)34)20(32)12-30-9-6-26-13-30/h2-11,13H,12H2,1H3,(H2,25,34). The fourth-order valence-corrected chi connectivity index (χ4v) is 4.85. The van der Waals surface area contributed by atoms with E-state index < -0.39 is 11.7 Å². The van der Waals surface area contributed by atoms with Gasteiger partial charge in [-0.25, -0.2) is 14.4 Å². The fourth-order valence-electron chi connectivity index (χ4n) is 3.54. The van der Waals surface area contributed by atoms with E-state index in [0.29, 0.717) is 11.3 Å². The molecule has 0 unspecified atom stereocenters. The zero-order valence-electron chi connectivity index (χ0n) is 18.3. The van der Waals surface area contributed by atoms with Crippen molar-refractivity contribution in [3.63, 3.8) is 0 Å². The summed E-state index contributed by atoms with van der Waals surface area (Å²) in [7, 11) is 1.91. The monoisotopic (exact) mass is 507 g/mol. The molecule has 0 aliphatic carbocycles.